The number of benzene rings is 12. The Hall–Kier alpha value is -9.07. The molecule has 0 atom stereocenters. The Labute approximate surface area is 440 Å². The quantitative estimate of drug-likeness (QED) is 0.148. The van der Waals surface area contributed by atoms with E-state index < -0.39 is 21.6 Å². The minimum absolute atomic E-state index is 0.513. The molecular formula is C71H49NOSi2. The number of hydrogen-bond donors (Lipinski definition) is 0. The molecule has 0 aromatic heterocycles. The monoisotopic (exact) mass is 987 g/mol. The van der Waals surface area contributed by atoms with Crippen LogP contribution in [0.2, 0.25) is 0 Å². The number of hydrogen-bond acceptors (Lipinski definition) is 2. The van der Waals surface area contributed by atoms with Gasteiger partial charge in [-0.2, -0.15) is 0 Å². The van der Waals surface area contributed by atoms with Crippen molar-refractivity contribution in [1.82, 2.24) is 0 Å². The molecular weight excluding hydrogens is 939 g/mol. The predicted molar refractivity (Wildman–Crippen MR) is 317 cm³/mol. The summed E-state index contributed by atoms with van der Waals surface area (Å²) in [5.74, 6) is 1.87. The maximum Gasteiger partial charge on any atom is 0.188 e. The minimum atomic E-state index is -3.20. The standard InChI is InChI=1S/C71H49NOSi2/c1-4-25-51(26-5-1)71(60-34-14-12-32-58(60)59-33-13-15-35-61(59)71)52-43-45-53(46-44-52)72(62-36-22-24-50-23-10-11-31-57(50)62)54-47-48-69-70(49-54)75(65-39-18-16-37-63(65)73-64-38-17-19-40-66(64)75)68-42-21-20-41-67(68)74(69,55-27-6-2-7-28-55)56-29-8-3-9-30-56/h1-49H. The summed E-state index contributed by atoms with van der Waals surface area (Å²) >= 11 is 0. The number of rotatable bonds is 7. The van der Waals surface area contributed by atoms with Gasteiger partial charge in [-0.1, -0.05) is 255 Å². The van der Waals surface area contributed by atoms with Gasteiger partial charge in [0.2, 0.25) is 0 Å². The van der Waals surface area contributed by atoms with Gasteiger partial charge in [0.05, 0.1) is 11.1 Å². The molecule has 2 aliphatic heterocycles. The lowest BCUT2D eigenvalue weighted by Crippen LogP contribution is -2.93. The molecule has 352 valence electrons. The molecule has 0 bridgehead atoms. The van der Waals surface area contributed by atoms with Crippen molar-refractivity contribution < 1.29 is 4.74 Å². The van der Waals surface area contributed by atoms with E-state index >= 15 is 0 Å². The first-order chi connectivity index (χ1) is 37.2. The van der Waals surface area contributed by atoms with Crippen LogP contribution in [0.1, 0.15) is 22.3 Å². The summed E-state index contributed by atoms with van der Waals surface area (Å²) in [7, 11) is -6.23. The topological polar surface area (TPSA) is 12.5 Å². The molecule has 15 rings (SSSR count). The Morgan fingerprint density at radius 3 is 1.39 bits per heavy atom. The highest BCUT2D eigenvalue weighted by molar-refractivity contribution is 7.33. The summed E-state index contributed by atoms with van der Waals surface area (Å²) in [6.45, 7) is 0. The number of anilines is 3. The molecule has 0 N–H and O–H groups in total. The third-order valence-electron chi connectivity index (χ3n) is 16.7. The molecule has 4 heteroatoms. The van der Waals surface area contributed by atoms with Crippen molar-refractivity contribution in [1.29, 1.82) is 0 Å². The summed E-state index contributed by atoms with van der Waals surface area (Å²) in [5.41, 5.74) is 10.5. The molecule has 12 aromatic carbocycles. The maximum atomic E-state index is 6.99. The maximum absolute atomic E-state index is 6.99. The summed E-state index contributed by atoms with van der Waals surface area (Å²) in [5, 5.41) is 13.4. The average molecular weight is 988 g/mol. The molecule has 0 saturated heterocycles. The summed E-state index contributed by atoms with van der Waals surface area (Å²) in [6.07, 6.45) is 0. The first-order valence-corrected chi connectivity index (χ1v) is 30.1. The van der Waals surface area contributed by atoms with Crippen LogP contribution >= 0.6 is 0 Å². The van der Waals surface area contributed by atoms with Gasteiger partial charge < -0.3 is 9.64 Å². The molecule has 2 heterocycles. The lowest BCUT2D eigenvalue weighted by Gasteiger charge is -2.50. The molecule has 0 unspecified atom stereocenters. The number of fused-ring (bicyclic) bond motifs is 12. The molecule has 0 amide bonds. The fraction of sp³-hybridized carbons (Fsp3) is 0.0141. The zero-order chi connectivity index (χ0) is 49.6. The van der Waals surface area contributed by atoms with E-state index in [9.17, 15) is 0 Å². The van der Waals surface area contributed by atoms with Crippen LogP contribution in [-0.2, 0) is 5.41 Å². The first-order valence-electron chi connectivity index (χ1n) is 26.1. The molecule has 75 heavy (non-hydrogen) atoms. The Kier molecular flexibility index (Phi) is 9.87. The minimum Gasteiger partial charge on any atom is -0.458 e. The van der Waals surface area contributed by atoms with Gasteiger partial charge in [0.25, 0.3) is 0 Å². The van der Waals surface area contributed by atoms with E-state index in [1.165, 1.54) is 85.6 Å². The van der Waals surface area contributed by atoms with E-state index in [0.29, 0.717) is 0 Å². The van der Waals surface area contributed by atoms with Crippen molar-refractivity contribution in [2.75, 3.05) is 4.90 Å². The zero-order valence-corrected chi connectivity index (χ0v) is 43.1. The SMILES string of the molecule is c1ccc(C2(c3ccc(N(c4ccc5c(c4)[Si]4(c6ccccc6Oc6ccccc64)c4ccccc4[Si]5(c4ccccc4)c4ccccc4)c4cccc5ccccc45)cc3)c3ccccc3-c3ccccc32)cc1. The Balaban J connectivity index is 1.04. The molecule has 1 spiro atoms. The van der Waals surface area contributed by atoms with Crippen LogP contribution in [-0.4, -0.2) is 16.1 Å². The van der Waals surface area contributed by atoms with E-state index in [1.807, 2.05) is 0 Å². The van der Waals surface area contributed by atoms with E-state index in [2.05, 4.69) is 302 Å². The third kappa shape index (κ3) is 6.06. The number of nitrogens with zero attached hydrogens (tertiary/aromatic N) is 1. The number of ether oxygens (including phenoxy) is 1. The fourth-order valence-corrected chi connectivity index (χ4v) is 26.2. The molecule has 1 aliphatic carbocycles. The van der Waals surface area contributed by atoms with E-state index in [-0.39, 0.29) is 0 Å². The van der Waals surface area contributed by atoms with Crippen molar-refractivity contribution in [3.05, 3.63) is 320 Å². The van der Waals surface area contributed by atoms with Crippen LogP contribution in [0.4, 0.5) is 17.1 Å². The summed E-state index contributed by atoms with van der Waals surface area (Å²) in [4.78, 5) is 2.53. The zero-order valence-electron chi connectivity index (χ0n) is 41.1. The van der Waals surface area contributed by atoms with Gasteiger partial charge in [-0.3, -0.25) is 0 Å². The fourth-order valence-electron chi connectivity index (χ4n) is 13.9. The van der Waals surface area contributed by atoms with Crippen LogP contribution < -0.4 is 51.1 Å². The van der Waals surface area contributed by atoms with Crippen LogP contribution in [0.15, 0.2) is 297 Å². The predicted octanol–water partition coefficient (Wildman–Crippen LogP) is 11.8. The van der Waals surface area contributed by atoms with Crippen LogP contribution in [0.25, 0.3) is 21.9 Å². The Morgan fingerprint density at radius 1 is 0.307 bits per heavy atom. The van der Waals surface area contributed by atoms with Crippen LogP contribution in [0.5, 0.6) is 11.5 Å². The molecule has 3 aliphatic rings. The van der Waals surface area contributed by atoms with Crippen molar-refractivity contribution in [3.8, 4) is 22.6 Å². The summed E-state index contributed by atoms with van der Waals surface area (Å²) in [6, 6.07) is 112. The van der Waals surface area contributed by atoms with Crippen molar-refractivity contribution in [2.24, 2.45) is 0 Å². The van der Waals surface area contributed by atoms with Gasteiger partial charge in [-0.05, 0) is 123 Å². The molecule has 2 nitrogen and oxygen atoms in total. The molecule has 0 saturated carbocycles. The second-order valence-electron chi connectivity index (χ2n) is 20.2. The lowest BCUT2D eigenvalue weighted by molar-refractivity contribution is 0.487. The highest BCUT2D eigenvalue weighted by Gasteiger charge is 2.59. The van der Waals surface area contributed by atoms with Crippen LogP contribution in [0.3, 0.4) is 0 Å². The second kappa shape index (κ2) is 17.0. The Bertz CT molecular complexity index is 4040. The first kappa shape index (κ1) is 43.5. The van der Waals surface area contributed by atoms with Gasteiger partial charge in [-0.15, -0.1) is 0 Å². The molecule has 0 radical (unpaired) electrons. The van der Waals surface area contributed by atoms with Crippen molar-refractivity contribution in [2.45, 2.75) is 5.41 Å². The largest absolute Gasteiger partial charge is 0.458 e. The van der Waals surface area contributed by atoms with Gasteiger partial charge in [0.15, 0.2) is 16.1 Å². The highest BCUT2D eigenvalue weighted by Crippen LogP contribution is 2.56. The second-order valence-corrected chi connectivity index (χ2v) is 27.6. The molecule has 12 aromatic rings. The third-order valence-corrected chi connectivity index (χ3v) is 27.0. The van der Waals surface area contributed by atoms with Gasteiger partial charge in [-0.25, -0.2) is 0 Å². The van der Waals surface area contributed by atoms with Gasteiger partial charge >= 0.3 is 0 Å². The van der Waals surface area contributed by atoms with E-state index in [4.69, 9.17) is 4.74 Å². The Morgan fingerprint density at radius 2 is 0.760 bits per heavy atom. The molecule has 0 fully saturated rings. The summed E-state index contributed by atoms with van der Waals surface area (Å²) < 4.78 is 6.99. The normalized spacial score (nSPS) is 14.6. The van der Waals surface area contributed by atoms with E-state index in [1.54, 1.807) is 0 Å². The lowest BCUT2D eigenvalue weighted by atomic mass is 9.68. The number of para-hydroxylation sites is 2. The average Bonchev–Trinajstić information content (AvgIpc) is 3.80. The van der Waals surface area contributed by atoms with Gasteiger partial charge in [0, 0.05) is 16.8 Å². The van der Waals surface area contributed by atoms with Crippen molar-refractivity contribution >= 4 is 85.5 Å². The smallest absolute Gasteiger partial charge is 0.188 e. The van der Waals surface area contributed by atoms with Crippen molar-refractivity contribution in [3.63, 3.8) is 0 Å². The van der Waals surface area contributed by atoms with E-state index in [0.717, 1.165) is 28.6 Å². The van der Waals surface area contributed by atoms with Gasteiger partial charge in [0.1, 0.15) is 11.5 Å². The van der Waals surface area contributed by atoms with Crippen LogP contribution in [0, 0.1) is 0 Å². The highest BCUT2D eigenvalue weighted by atomic mass is 28.3.